The molecule has 60 heavy (non-hydrogen) atoms. The molecule has 5 rings (SSSR count). The van der Waals surface area contributed by atoms with Crippen LogP contribution in [-0.2, 0) is 41.6 Å². The molecular weight excluding hydrogens is 811 g/mol. The summed E-state index contributed by atoms with van der Waals surface area (Å²) < 4.78 is 0. The monoisotopic (exact) mass is 857 g/mol. The van der Waals surface area contributed by atoms with Gasteiger partial charge < -0.3 is 36.7 Å². The maximum Gasteiger partial charge on any atom is 0.327 e. The molecule has 1 aromatic heterocycles. The third kappa shape index (κ3) is 11.7. The van der Waals surface area contributed by atoms with Crippen molar-refractivity contribution < 1.29 is 43.5 Å². The summed E-state index contributed by atoms with van der Waals surface area (Å²) in [5.41, 5.74) is 2.78. The van der Waals surface area contributed by atoms with Crippen molar-refractivity contribution in [2.45, 2.75) is 68.4 Å². The number of benzene rings is 3. The molecule has 0 saturated heterocycles. The van der Waals surface area contributed by atoms with Crippen LogP contribution in [0.25, 0.3) is 10.9 Å². The fourth-order valence-corrected chi connectivity index (χ4v) is 7.00. The van der Waals surface area contributed by atoms with Crippen molar-refractivity contribution >= 4 is 83.5 Å². The summed E-state index contributed by atoms with van der Waals surface area (Å²) in [5.74, 6) is -5.82. The van der Waals surface area contributed by atoms with E-state index >= 15 is 0 Å². The first-order valence-electron chi connectivity index (χ1n) is 19.3. The number of rotatable bonds is 21. The summed E-state index contributed by atoms with van der Waals surface area (Å²) >= 11 is 8.19. The zero-order valence-electron chi connectivity index (χ0n) is 32.7. The fraction of sp³-hybridized carbons (Fsp3) is 0.333. The minimum absolute atomic E-state index is 0.00254. The Balaban J connectivity index is 1.26. The van der Waals surface area contributed by atoms with Crippen LogP contribution in [0, 0.1) is 0 Å². The zero-order valence-corrected chi connectivity index (χ0v) is 34.5. The first-order valence-corrected chi connectivity index (χ1v) is 20.5. The molecule has 0 saturated carbocycles. The number of hydrogen-bond acceptors (Lipinski definition) is 10. The highest BCUT2D eigenvalue weighted by Gasteiger charge is 2.35. The second-order valence-electron chi connectivity index (χ2n) is 14.3. The highest BCUT2D eigenvalue weighted by atomic mass is 32.1. The molecule has 0 fully saturated rings. The minimum atomic E-state index is -1.33. The number of aliphatic carboxylic acids is 1. The number of hydrogen-bond donors (Lipinski definition) is 9. The van der Waals surface area contributed by atoms with Crippen molar-refractivity contribution in [1.29, 1.82) is 0 Å². The van der Waals surface area contributed by atoms with Crippen LogP contribution in [0.3, 0.4) is 0 Å². The second-order valence-corrected chi connectivity index (χ2v) is 15.4. The predicted octanol–water partition coefficient (Wildman–Crippen LogP) is 1.81. The maximum atomic E-state index is 14.1. The van der Waals surface area contributed by atoms with Gasteiger partial charge in [0.05, 0.1) is 22.9 Å². The van der Waals surface area contributed by atoms with Gasteiger partial charge in [-0.3, -0.25) is 38.5 Å². The summed E-state index contributed by atoms with van der Waals surface area (Å²) in [6.07, 6.45) is 2.43. The van der Waals surface area contributed by atoms with Crippen molar-refractivity contribution in [1.82, 2.24) is 36.5 Å². The van der Waals surface area contributed by atoms with Crippen LogP contribution in [0.4, 0.5) is 0 Å². The van der Waals surface area contributed by atoms with Crippen molar-refractivity contribution in [2.75, 3.05) is 18.8 Å². The number of carbonyl (C=O) groups is 8. The molecular formula is C42H47N7O9S2. The third-order valence-electron chi connectivity index (χ3n) is 9.90. The molecule has 2 heterocycles. The Morgan fingerprint density at radius 2 is 1.28 bits per heavy atom. The molecule has 0 aliphatic carbocycles. The molecule has 1 aliphatic heterocycles. The number of thiol groups is 2. The Kier molecular flexibility index (Phi) is 15.9. The Bertz CT molecular complexity index is 2200. The van der Waals surface area contributed by atoms with Crippen LogP contribution < -0.4 is 26.6 Å². The lowest BCUT2D eigenvalue weighted by molar-refractivity contribution is -0.141. The Hall–Kier alpha value is -6.14. The first kappa shape index (κ1) is 45.0. The van der Waals surface area contributed by atoms with Gasteiger partial charge in [-0.15, -0.1) is 0 Å². The molecule has 0 bridgehead atoms. The van der Waals surface area contributed by atoms with Gasteiger partial charge in [0.15, 0.2) is 0 Å². The number of H-pyrrole nitrogens is 1. The number of carboxylic acids is 1. The van der Waals surface area contributed by atoms with Gasteiger partial charge in [0.2, 0.25) is 29.5 Å². The van der Waals surface area contributed by atoms with E-state index in [-0.39, 0.29) is 31.6 Å². The number of aromatic nitrogens is 1. The van der Waals surface area contributed by atoms with Crippen molar-refractivity contribution in [3.63, 3.8) is 0 Å². The highest BCUT2D eigenvalue weighted by molar-refractivity contribution is 7.81. The molecule has 0 radical (unpaired) electrons. The van der Waals surface area contributed by atoms with Crippen LogP contribution in [0.2, 0.25) is 0 Å². The SMILES string of the molecule is CC(S)C(=O)N[C@@H](CCCCN1C(=O)c2ccccc2C1=O)C(=O)NCC(=O)N[C@@H](Cc1c[nH]c2ccccc12)C(=O)N[C@@H](Cc1ccccc1)C(=O)N[C@@H](CS)C(=O)O. The second kappa shape index (κ2) is 21.2. The molecule has 16 nitrogen and oxygen atoms in total. The van der Waals surface area contributed by atoms with E-state index in [0.29, 0.717) is 35.1 Å². The van der Waals surface area contributed by atoms with E-state index in [1.165, 1.54) is 6.92 Å². The lowest BCUT2D eigenvalue weighted by atomic mass is 10.0. The molecule has 18 heteroatoms. The largest absolute Gasteiger partial charge is 0.480 e. The molecule has 0 spiro atoms. The molecule has 7 amide bonds. The number of carbonyl (C=O) groups excluding carboxylic acids is 7. The van der Waals surface area contributed by atoms with E-state index in [4.69, 9.17) is 0 Å². The highest BCUT2D eigenvalue weighted by Crippen LogP contribution is 2.23. The fourth-order valence-electron chi connectivity index (χ4n) is 6.68. The van der Waals surface area contributed by atoms with E-state index < -0.39 is 83.3 Å². The van der Waals surface area contributed by atoms with Crippen LogP contribution in [0.5, 0.6) is 0 Å². The van der Waals surface area contributed by atoms with Gasteiger partial charge in [-0.2, -0.15) is 25.3 Å². The van der Waals surface area contributed by atoms with Crippen LogP contribution in [-0.4, -0.2) is 111 Å². The lowest BCUT2D eigenvalue weighted by Crippen LogP contribution is -2.58. The van der Waals surface area contributed by atoms with Gasteiger partial charge in [-0.1, -0.05) is 60.7 Å². The first-order chi connectivity index (χ1) is 28.8. The number of nitrogens with zero attached hydrogens (tertiary/aromatic N) is 1. The van der Waals surface area contributed by atoms with Crippen LogP contribution in [0.15, 0.2) is 85.1 Å². The van der Waals surface area contributed by atoms with E-state index in [9.17, 15) is 43.5 Å². The number of carboxylic acid groups (broad SMARTS) is 1. The number of fused-ring (bicyclic) bond motifs is 2. The van der Waals surface area contributed by atoms with E-state index in [1.54, 1.807) is 60.8 Å². The quantitative estimate of drug-likeness (QED) is 0.0337. The summed E-state index contributed by atoms with van der Waals surface area (Å²) in [4.78, 5) is 109. The van der Waals surface area contributed by atoms with Gasteiger partial charge in [-0.25, -0.2) is 4.79 Å². The lowest BCUT2D eigenvalue weighted by Gasteiger charge is -2.25. The van der Waals surface area contributed by atoms with Crippen molar-refractivity contribution in [3.05, 3.63) is 107 Å². The van der Waals surface area contributed by atoms with Gasteiger partial charge in [-0.05, 0) is 55.5 Å². The number of unbranched alkanes of at least 4 members (excludes halogenated alkanes) is 1. The molecule has 1 unspecified atom stereocenters. The Morgan fingerprint density at radius 3 is 1.92 bits per heavy atom. The van der Waals surface area contributed by atoms with Gasteiger partial charge >= 0.3 is 5.97 Å². The standard InChI is InChI=1S/C42H47N7O9S2/c1-24(60)36(51)46-31(17-9-10-18-49-40(55)28-14-5-6-15-29(28)41(49)56)37(52)44-22-35(50)45-33(20-26-21-43-30-16-8-7-13-27(26)30)39(54)47-32(19-25-11-3-2-4-12-25)38(53)48-34(23-59)42(57)58/h2-8,11-16,21,24,31-34,43,59-60H,9-10,17-20,22-23H2,1H3,(H,44,52)(H,45,50)(H,46,51)(H,47,54)(H,48,53)(H,57,58)/t24?,31-,32-,33-,34-/m0/s1. The number of aromatic amines is 1. The van der Waals surface area contributed by atoms with Gasteiger partial charge in [0.25, 0.3) is 11.8 Å². The maximum absolute atomic E-state index is 14.1. The summed E-state index contributed by atoms with van der Waals surface area (Å²) in [5, 5.41) is 22.5. The van der Waals surface area contributed by atoms with Crippen molar-refractivity contribution in [3.8, 4) is 0 Å². The summed E-state index contributed by atoms with van der Waals surface area (Å²) in [7, 11) is 0. The molecule has 1 aliphatic rings. The number of amides is 7. The van der Waals surface area contributed by atoms with Crippen LogP contribution >= 0.6 is 25.3 Å². The molecule has 316 valence electrons. The topological polar surface area (TPSA) is 236 Å². The average molecular weight is 858 g/mol. The average Bonchev–Trinajstić information content (AvgIpc) is 3.76. The van der Waals surface area contributed by atoms with Crippen LogP contribution in [0.1, 0.15) is 58.0 Å². The number of para-hydroxylation sites is 1. The van der Waals surface area contributed by atoms with Crippen molar-refractivity contribution in [2.24, 2.45) is 0 Å². The van der Waals surface area contributed by atoms with E-state index in [2.05, 4.69) is 56.8 Å². The van der Waals surface area contributed by atoms with E-state index in [0.717, 1.165) is 15.8 Å². The number of imide groups is 1. The van der Waals surface area contributed by atoms with Gasteiger partial charge in [0, 0.05) is 42.2 Å². The molecule has 5 atom stereocenters. The minimum Gasteiger partial charge on any atom is -0.480 e. The molecule has 3 aromatic carbocycles. The summed E-state index contributed by atoms with van der Waals surface area (Å²) in [6, 6.07) is 17.7. The molecule has 7 N–H and O–H groups in total. The summed E-state index contributed by atoms with van der Waals surface area (Å²) in [6.45, 7) is 1.04. The predicted molar refractivity (Wildman–Crippen MR) is 228 cm³/mol. The zero-order chi connectivity index (χ0) is 43.3. The normalized spacial score (nSPS) is 14.6. The molecule has 4 aromatic rings. The Labute approximate surface area is 356 Å². The smallest absolute Gasteiger partial charge is 0.327 e. The third-order valence-corrected chi connectivity index (χ3v) is 10.5. The van der Waals surface area contributed by atoms with Gasteiger partial charge in [0.1, 0.15) is 24.2 Å². The van der Waals surface area contributed by atoms with E-state index in [1.807, 2.05) is 24.3 Å². The Morgan fingerprint density at radius 1 is 0.700 bits per heavy atom. The number of nitrogens with one attached hydrogen (secondary N) is 6.